The van der Waals surface area contributed by atoms with Crippen LogP contribution in [0.15, 0.2) is 54.9 Å². The Labute approximate surface area is 163 Å². The van der Waals surface area contributed by atoms with Gasteiger partial charge in [0, 0.05) is 17.5 Å². The summed E-state index contributed by atoms with van der Waals surface area (Å²) in [6.07, 6.45) is 3.39. The molecule has 9 heteroatoms. The number of hydrogen-bond donors (Lipinski definition) is 1. The van der Waals surface area contributed by atoms with E-state index in [1.807, 2.05) is 0 Å². The second-order valence-electron chi connectivity index (χ2n) is 6.25. The van der Waals surface area contributed by atoms with Crippen molar-refractivity contribution in [2.24, 2.45) is 5.73 Å². The quantitative estimate of drug-likeness (QED) is 0.542. The highest BCUT2D eigenvalue weighted by Gasteiger charge is 2.14. The molecule has 0 unspecified atom stereocenters. The lowest BCUT2D eigenvalue weighted by atomic mass is 10.1. The average Bonchev–Trinajstić information content (AvgIpc) is 3.16. The Hall–Kier alpha value is -3.88. The minimum Gasteiger partial charge on any atom is -0.477 e. The Morgan fingerprint density at radius 3 is 2.72 bits per heavy atom. The van der Waals surface area contributed by atoms with E-state index in [0.29, 0.717) is 40.5 Å². The van der Waals surface area contributed by atoms with Gasteiger partial charge in [-0.2, -0.15) is 0 Å². The Morgan fingerprint density at radius 2 is 1.93 bits per heavy atom. The van der Waals surface area contributed by atoms with Crippen molar-refractivity contribution in [2.45, 2.75) is 6.42 Å². The van der Waals surface area contributed by atoms with Gasteiger partial charge in [-0.15, -0.1) is 10.2 Å². The fourth-order valence-corrected chi connectivity index (χ4v) is 2.89. The molecule has 0 spiro atoms. The number of nitrogens with zero attached hydrogens (tertiary/aromatic N) is 4. The number of nitrogens with two attached hydrogens (primary N) is 1. The molecule has 2 aromatic heterocycles. The van der Waals surface area contributed by atoms with Gasteiger partial charge in [0.1, 0.15) is 0 Å². The van der Waals surface area contributed by atoms with E-state index in [4.69, 9.17) is 10.5 Å². The van der Waals surface area contributed by atoms with E-state index in [2.05, 4.69) is 15.2 Å². The second kappa shape index (κ2) is 7.63. The SMILES string of the molecule is NC(=O)c1cccc(-c2nnc3cncc(OCCc4ccc(F)c(F)c4)n23)c1. The van der Waals surface area contributed by atoms with Gasteiger partial charge in [-0.3, -0.25) is 9.78 Å². The number of fused-ring (bicyclic) bond motifs is 1. The zero-order valence-electron chi connectivity index (χ0n) is 15.0. The van der Waals surface area contributed by atoms with Gasteiger partial charge in [0.05, 0.1) is 19.0 Å². The van der Waals surface area contributed by atoms with Gasteiger partial charge >= 0.3 is 0 Å². The van der Waals surface area contributed by atoms with Crippen molar-refractivity contribution < 1.29 is 18.3 Å². The summed E-state index contributed by atoms with van der Waals surface area (Å²) in [5, 5.41) is 8.24. The van der Waals surface area contributed by atoms with E-state index in [1.54, 1.807) is 28.7 Å². The van der Waals surface area contributed by atoms with E-state index in [1.165, 1.54) is 18.5 Å². The van der Waals surface area contributed by atoms with Crippen LogP contribution in [0.2, 0.25) is 0 Å². The van der Waals surface area contributed by atoms with Crippen LogP contribution < -0.4 is 10.5 Å². The van der Waals surface area contributed by atoms with Crippen LogP contribution in [-0.4, -0.2) is 32.1 Å². The summed E-state index contributed by atoms with van der Waals surface area (Å²) in [5.41, 5.74) is 7.38. The average molecular weight is 395 g/mol. The Kier molecular flexibility index (Phi) is 4.86. The smallest absolute Gasteiger partial charge is 0.248 e. The zero-order chi connectivity index (χ0) is 20.4. The van der Waals surface area contributed by atoms with Crippen molar-refractivity contribution in [3.8, 4) is 17.3 Å². The topological polar surface area (TPSA) is 95.4 Å². The van der Waals surface area contributed by atoms with E-state index in [-0.39, 0.29) is 6.61 Å². The first kappa shape index (κ1) is 18.5. The van der Waals surface area contributed by atoms with Crippen molar-refractivity contribution in [3.05, 3.63) is 77.6 Å². The highest BCUT2D eigenvalue weighted by molar-refractivity contribution is 5.93. The molecule has 0 aliphatic carbocycles. The minimum atomic E-state index is -0.901. The summed E-state index contributed by atoms with van der Waals surface area (Å²) in [5.74, 6) is -1.52. The predicted molar refractivity (Wildman–Crippen MR) is 100 cm³/mol. The molecule has 0 atom stereocenters. The molecule has 0 saturated heterocycles. The number of amides is 1. The monoisotopic (exact) mass is 395 g/mol. The molecule has 146 valence electrons. The lowest BCUT2D eigenvalue weighted by Crippen LogP contribution is -2.11. The first-order chi connectivity index (χ1) is 14.0. The summed E-state index contributed by atoms with van der Waals surface area (Å²) in [4.78, 5) is 15.6. The maximum Gasteiger partial charge on any atom is 0.248 e. The van der Waals surface area contributed by atoms with E-state index in [0.717, 1.165) is 12.1 Å². The number of rotatable bonds is 6. The van der Waals surface area contributed by atoms with Crippen molar-refractivity contribution in [1.82, 2.24) is 19.6 Å². The van der Waals surface area contributed by atoms with Crippen LogP contribution in [0.25, 0.3) is 17.0 Å². The number of ether oxygens (including phenoxy) is 1. The molecular weight excluding hydrogens is 380 g/mol. The summed E-state index contributed by atoms with van der Waals surface area (Å²) < 4.78 is 33.9. The van der Waals surface area contributed by atoms with Crippen LogP contribution in [0.4, 0.5) is 8.78 Å². The van der Waals surface area contributed by atoms with Crippen LogP contribution >= 0.6 is 0 Å². The van der Waals surface area contributed by atoms with Gasteiger partial charge in [-0.25, -0.2) is 13.2 Å². The zero-order valence-corrected chi connectivity index (χ0v) is 15.0. The summed E-state index contributed by atoms with van der Waals surface area (Å²) in [6.45, 7) is 0.199. The van der Waals surface area contributed by atoms with Gasteiger partial charge in [0.25, 0.3) is 0 Å². The molecule has 0 bridgehead atoms. The van der Waals surface area contributed by atoms with E-state index >= 15 is 0 Å². The van der Waals surface area contributed by atoms with Crippen molar-refractivity contribution in [1.29, 1.82) is 0 Å². The first-order valence-electron chi connectivity index (χ1n) is 8.69. The maximum atomic E-state index is 13.3. The van der Waals surface area contributed by atoms with Crippen molar-refractivity contribution in [3.63, 3.8) is 0 Å². The van der Waals surface area contributed by atoms with Crippen LogP contribution in [0, 0.1) is 11.6 Å². The largest absolute Gasteiger partial charge is 0.477 e. The molecule has 0 aliphatic rings. The van der Waals surface area contributed by atoms with Crippen LogP contribution in [0.5, 0.6) is 5.88 Å². The van der Waals surface area contributed by atoms with Gasteiger partial charge < -0.3 is 10.5 Å². The van der Waals surface area contributed by atoms with Crippen LogP contribution in [-0.2, 0) is 6.42 Å². The molecule has 0 fully saturated rings. The third kappa shape index (κ3) is 3.75. The maximum absolute atomic E-state index is 13.3. The molecule has 0 aliphatic heterocycles. The number of aromatic nitrogens is 4. The molecule has 4 aromatic rings. The van der Waals surface area contributed by atoms with Crippen LogP contribution in [0.1, 0.15) is 15.9 Å². The third-order valence-corrected chi connectivity index (χ3v) is 4.31. The standard InChI is InChI=1S/C20H15F2N5O2/c21-15-5-4-12(8-16(15)22)6-7-29-18-11-24-10-17-25-26-20(27(17)18)14-3-1-2-13(9-14)19(23)28/h1-5,8-11H,6-7H2,(H2,23,28). The van der Waals surface area contributed by atoms with Crippen LogP contribution in [0.3, 0.4) is 0 Å². The predicted octanol–water partition coefficient (Wildman–Crippen LogP) is 2.79. The molecule has 2 N–H and O–H groups in total. The Balaban J connectivity index is 1.62. The van der Waals surface area contributed by atoms with Gasteiger partial charge in [-0.05, 0) is 29.8 Å². The molecule has 0 radical (unpaired) electrons. The normalized spacial score (nSPS) is 11.0. The highest BCUT2D eigenvalue weighted by atomic mass is 19.2. The Bertz CT molecular complexity index is 1210. The number of hydrogen-bond acceptors (Lipinski definition) is 5. The first-order valence-corrected chi connectivity index (χ1v) is 8.69. The Morgan fingerprint density at radius 1 is 1.07 bits per heavy atom. The number of benzene rings is 2. The minimum absolute atomic E-state index is 0.199. The van der Waals surface area contributed by atoms with Gasteiger partial charge in [-0.1, -0.05) is 18.2 Å². The highest BCUT2D eigenvalue weighted by Crippen LogP contribution is 2.24. The second-order valence-corrected chi connectivity index (χ2v) is 6.25. The molecule has 4 rings (SSSR count). The third-order valence-electron chi connectivity index (χ3n) is 4.31. The molecule has 7 nitrogen and oxygen atoms in total. The van der Waals surface area contributed by atoms with Gasteiger partial charge in [0.2, 0.25) is 11.8 Å². The molecule has 2 aromatic carbocycles. The number of primary amides is 1. The molecule has 1 amide bonds. The summed E-state index contributed by atoms with van der Waals surface area (Å²) in [6, 6.07) is 10.4. The van der Waals surface area contributed by atoms with Gasteiger partial charge in [0.15, 0.2) is 23.1 Å². The van der Waals surface area contributed by atoms with E-state index < -0.39 is 17.5 Å². The van der Waals surface area contributed by atoms with Crippen molar-refractivity contribution in [2.75, 3.05) is 6.61 Å². The summed E-state index contributed by atoms with van der Waals surface area (Å²) >= 11 is 0. The number of halogens is 2. The molecule has 0 saturated carbocycles. The fraction of sp³-hybridized carbons (Fsp3) is 0.100. The molecule has 2 heterocycles. The summed E-state index contributed by atoms with van der Waals surface area (Å²) in [7, 11) is 0. The van der Waals surface area contributed by atoms with E-state index in [9.17, 15) is 13.6 Å². The number of carbonyl (C=O) groups excluding carboxylic acids is 1. The number of carbonyl (C=O) groups is 1. The molecular formula is C20H15F2N5O2. The van der Waals surface area contributed by atoms with Crippen molar-refractivity contribution >= 4 is 11.6 Å². The lowest BCUT2D eigenvalue weighted by Gasteiger charge is -2.10. The lowest BCUT2D eigenvalue weighted by molar-refractivity contribution is 0.100. The molecule has 29 heavy (non-hydrogen) atoms. The fourth-order valence-electron chi connectivity index (χ4n) is 2.89.